The minimum atomic E-state index is -3.49. The van der Waals surface area contributed by atoms with Crippen LogP contribution in [0.2, 0.25) is 0 Å². The average molecular weight is 326 g/mol. The number of benzene rings is 1. The van der Waals surface area contributed by atoms with Gasteiger partial charge in [-0.15, -0.1) is 0 Å². The summed E-state index contributed by atoms with van der Waals surface area (Å²) in [5.41, 5.74) is 0.681. The van der Waals surface area contributed by atoms with Crippen LogP contribution in [0.15, 0.2) is 30.3 Å². The molecule has 124 valence electrons. The first-order chi connectivity index (χ1) is 10.3. The maximum absolute atomic E-state index is 12.6. The maximum atomic E-state index is 12.6. The highest BCUT2D eigenvalue weighted by Gasteiger charge is 2.36. The monoisotopic (exact) mass is 326 g/mol. The Morgan fingerprint density at radius 1 is 1.32 bits per heavy atom. The largest absolute Gasteiger partial charge is 0.375 e. The summed E-state index contributed by atoms with van der Waals surface area (Å²) in [6.07, 6.45) is 1.45. The molecule has 0 saturated carbocycles. The van der Waals surface area contributed by atoms with Gasteiger partial charge in [-0.25, -0.2) is 0 Å². The van der Waals surface area contributed by atoms with Crippen LogP contribution in [0.5, 0.6) is 0 Å². The van der Waals surface area contributed by atoms with Gasteiger partial charge in [-0.1, -0.05) is 37.3 Å². The van der Waals surface area contributed by atoms with Crippen LogP contribution in [0.4, 0.5) is 0 Å². The van der Waals surface area contributed by atoms with Gasteiger partial charge in [-0.05, 0) is 32.3 Å². The van der Waals surface area contributed by atoms with Crippen LogP contribution in [0, 0.1) is 0 Å². The molecule has 1 atom stereocenters. The SMILES string of the molecule is CCN([C@H]1CCOC(C)(C)C1)S(=O)(=O)NCc1ccccc1. The fourth-order valence-electron chi connectivity index (χ4n) is 2.92. The molecular weight excluding hydrogens is 300 g/mol. The van der Waals surface area contributed by atoms with Crippen molar-refractivity contribution in [2.75, 3.05) is 13.2 Å². The highest BCUT2D eigenvalue weighted by molar-refractivity contribution is 7.87. The van der Waals surface area contributed by atoms with Crippen molar-refractivity contribution >= 4 is 10.2 Å². The van der Waals surface area contributed by atoms with Crippen LogP contribution in [0.1, 0.15) is 39.2 Å². The third-order valence-electron chi connectivity index (χ3n) is 4.00. The summed E-state index contributed by atoms with van der Waals surface area (Å²) in [5, 5.41) is 0. The van der Waals surface area contributed by atoms with Crippen LogP contribution in [-0.2, 0) is 21.5 Å². The molecule has 0 spiro atoms. The van der Waals surface area contributed by atoms with Gasteiger partial charge >= 0.3 is 0 Å². The van der Waals surface area contributed by atoms with E-state index in [4.69, 9.17) is 4.74 Å². The van der Waals surface area contributed by atoms with E-state index in [2.05, 4.69) is 4.72 Å². The average Bonchev–Trinajstić information content (AvgIpc) is 2.46. The molecule has 5 nitrogen and oxygen atoms in total. The lowest BCUT2D eigenvalue weighted by molar-refractivity contribution is -0.0725. The van der Waals surface area contributed by atoms with Gasteiger partial charge in [0.1, 0.15) is 0 Å². The minimum Gasteiger partial charge on any atom is -0.375 e. The number of hydrogen-bond donors (Lipinski definition) is 1. The zero-order valence-corrected chi connectivity index (χ0v) is 14.4. The van der Waals surface area contributed by atoms with E-state index < -0.39 is 10.2 Å². The molecule has 1 aromatic carbocycles. The molecule has 1 aliphatic rings. The fourth-order valence-corrected chi connectivity index (χ4v) is 4.35. The molecule has 0 radical (unpaired) electrons. The molecule has 6 heteroatoms. The van der Waals surface area contributed by atoms with E-state index in [0.717, 1.165) is 12.0 Å². The summed E-state index contributed by atoms with van der Waals surface area (Å²) in [5.74, 6) is 0. The van der Waals surface area contributed by atoms with E-state index in [-0.39, 0.29) is 11.6 Å². The van der Waals surface area contributed by atoms with Crippen molar-refractivity contribution in [2.45, 2.75) is 51.8 Å². The molecule has 1 fully saturated rings. The summed E-state index contributed by atoms with van der Waals surface area (Å²) in [4.78, 5) is 0. The van der Waals surface area contributed by atoms with Gasteiger partial charge in [0.15, 0.2) is 0 Å². The summed E-state index contributed by atoms with van der Waals surface area (Å²) in [6, 6.07) is 9.54. The zero-order chi connectivity index (χ0) is 16.2. The summed E-state index contributed by atoms with van der Waals surface area (Å²) in [7, 11) is -3.49. The third-order valence-corrected chi connectivity index (χ3v) is 5.68. The first-order valence-corrected chi connectivity index (χ1v) is 9.22. The molecule has 1 aliphatic heterocycles. The lowest BCUT2D eigenvalue weighted by Crippen LogP contribution is -2.51. The van der Waals surface area contributed by atoms with Gasteiger partial charge < -0.3 is 4.74 Å². The minimum absolute atomic E-state index is 0.0120. The van der Waals surface area contributed by atoms with Gasteiger partial charge in [0.05, 0.1) is 5.60 Å². The summed E-state index contributed by atoms with van der Waals surface area (Å²) >= 11 is 0. The first-order valence-electron chi connectivity index (χ1n) is 7.78. The van der Waals surface area contributed by atoms with Gasteiger partial charge in [0.2, 0.25) is 0 Å². The van der Waals surface area contributed by atoms with E-state index in [9.17, 15) is 8.42 Å². The van der Waals surface area contributed by atoms with E-state index in [1.54, 1.807) is 4.31 Å². The Morgan fingerprint density at radius 3 is 2.59 bits per heavy atom. The molecule has 1 heterocycles. The molecule has 0 aliphatic carbocycles. The quantitative estimate of drug-likeness (QED) is 0.872. The zero-order valence-electron chi connectivity index (χ0n) is 13.6. The Labute approximate surface area is 133 Å². The van der Waals surface area contributed by atoms with Crippen LogP contribution in [0.3, 0.4) is 0 Å². The predicted octanol–water partition coefficient (Wildman–Crippen LogP) is 2.30. The Kier molecular flexibility index (Phi) is 5.60. The van der Waals surface area contributed by atoms with Crippen LogP contribution in [0.25, 0.3) is 0 Å². The number of ether oxygens (including phenoxy) is 1. The van der Waals surface area contributed by atoms with Gasteiger partial charge in [0, 0.05) is 25.7 Å². The second-order valence-electron chi connectivity index (χ2n) is 6.27. The van der Waals surface area contributed by atoms with Crippen molar-refractivity contribution in [3.8, 4) is 0 Å². The van der Waals surface area contributed by atoms with Crippen molar-refractivity contribution in [3.63, 3.8) is 0 Å². The Morgan fingerprint density at radius 2 is 2.00 bits per heavy atom. The Hall–Kier alpha value is -0.950. The van der Waals surface area contributed by atoms with Gasteiger partial charge in [0.25, 0.3) is 10.2 Å². The topological polar surface area (TPSA) is 58.6 Å². The molecule has 0 unspecified atom stereocenters. The molecule has 1 aromatic rings. The van der Waals surface area contributed by atoms with E-state index in [1.165, 1.54) is 0 Å². The summed E-state index contributed by atoms with van der Waals surface area (Å²) in [6.45, 7) is 7.28. The standard InChI is InChI=1S/C16H26N2O3S/c1-4-18(15-10-11-21-16(2,3)12-15)22(19,20)17-13-14-8-6-5-7-9-14/h5-9,15,17H,4,10-13H2,1-3H3/t15-/m0/s1. The van der Waals surface area contributed by atoms with E-state index in [0.29, 0.717) is 26.1 Å². The third kappa shape index (κ3) is 4.52. The maximum Gasteiger partial charge on any atom is 0.279 e. The van der Waals surface area contributed by atoms with Crippen LogP contribution in [-0.4, -0.2) is 37.5 Å². The lowest BCUT2D eigenvalue weighted by Gasteiger charge is -2.40. The van der Waals surface area contributed by atoms with Crippen molar-refractivity contribution in [1.29, 1.82) is 0 Å². The van der Waals surface area contributed by atoms with Crippen molar-refractivity contribution in [2.24, 2.45) is 0 Å². The first kappa shape index (κ1) is 17.4. The smallest absolute Gasteiger partial charge is 0.279 e. The molecular formula is C16H26N2O3S. The van der Waals surface area contributed by atoms with E-state index >= 15 is 0 Å². The van der Waals surface area contributed by atoms with Crippen LogP contribution < -0.4 is 4.72 Å². The van der Waals surface area contributed by atoms with E-state index in [1.807, 2.05) is 51.1 Å². The Bertz CT molecular complexity index is 572. The number of nitrogens with one attached hydrogen (secondary N) is 1. The van der Waals surface area contributed by atoms with Crippen molar-refractivity contribution in [1.82, 2.24) is 9.03 Å². The lowest BCUT2D eigenvalue weighted by atomic mass is 9.94. The number of hydrogen-bond acceptors (Lipinski definition) is 3. The Balaban J connectivity index is 2.05. The fraction of sp³-hybridized carbons (Fsp3) is 0.625. The molecule has 0 amide bonds. The van der Waals surface area contributed by atoms with Gasteiger partial charge in [-0.2, -0.15) is 17.4 Å². The molecule has 1 saturated heterocycles. The van der Waals surface area contributed by atoms with Crippen molar-refractivity contribution < 1.29 is 13.2 Å². The number of rotatable bonds is 6. The predicted molar refractivity (Wildman–Crippen MR) is 87.6 cm³/mol. The molecule has 1 N–H and O–H groups in total. The summed E-state index contributed by atoms with van der Waals surface area (Å²) < 4.78 is 35.2. The molecule has 0 bridgehead atoms. The van der Waals surface area contributed by atoms with Crippen molar-refractivity contribution in [3.05, 3.63) is 35.9 Å². The van der Waals surface area contributed by atoms with Gasteiger partial charge in [-0.3, -0.25) is 0 Å². The highest BCUT2D eigenvalue weighted by atomic mass is 32.2. The second-order valence-corrected chi connectivity index (χ2v) is 7.98. The number of nitrogens with zero attached hydrogens (tertiary/aromatic N) is 1. The molecule has 2 rings (SSSR count). The molecule has 22 heavy (non-hydrogen) atoms. The normalized spacial score (nSPS) is 21.9. The molecule has 0 aromatic heterocycles. The second kappa shape index (κ2) is 7.08. The highest BCUT2D eigenvalue weighted by Crippen LogP contribution is 2.28. The van der Waals surface area contributed by atoms with Crippen LogP contribution >= 0.6 is 0 Å².